The minimum atomic E-state index is -0.341. The Morgan fingerprint density at radius 3 is 1.39 bits per heavy atom. The number of hydrogen-bond donors (Lipinski definition) is 0. The van der Waals surface area contributed by atoms with Crippen LogP contribution in [0.3, 0.4) is 0 Å². The molecule has 2 amide bonds. The fourth-order valence-corrected chi connectivity index (χ4v) is 12.0. The highest BCUT2D eigenvalue weighted by Gasteiger charge is 2.40. The summed E-state index contributed by atoms with van der Waals surface area (Å²) in [5.41, 5.74) is 7.72. The van der Waals surface area contributed by atoms with Crippen LogP contribution < -0.4 is 0 Å². The Balaban J connectivity index is 0.836. The van der Waals surface area contributed by atoms with Gasteiger partial charge in [0.05, 0.1) is 0 Å². The molecule has 0 radical (unpaired) electrons. The maximum absolute atomic E-state index is 15.8. The van der Waals surface area contributed by atoms with Crippen LogP contribution in [0.5, 0.6) is 0 Å². The molecule has 0 N–H and O–H groups in total. The molecular weight excluding hydrogens is 931 g/mol. The largest absolute Gasteiger partial charge is 0.338 e. The fraction of sp³-hybridized carbons (Fsp3) is 0.345. The predicted molar refractivity (Wildman–Crippen MR) is 271 cm³/mol. The molecule has 4 fully saturated rings. The number of amides is 2. The summed E-state index contributed by atoms with van der Waals surface area (Å²) in [6.45, 7) is 8.75. The number of hydrogen-bond acceptors (Lipinski definition) is 4. The number of piperidine rings is 2. The van der Waals surface area contributed by atoms with Crippen molar-refractivity contribution in [3.05, 3.63) is 200 Å². The Bertz CT molecular complexity index is 2560. The first kappa shape index (κ1) is 44.7. The Morgan fingerprint density at radius 1 is 0.485 bits per heavy atom. The van der Waals surface area contributed by atoms with Crippen molar-refractivity contribution in [1.82, 2.24) is 19.6 Å². The summed E-state index contributed by atoms with van der Waals surface area (Å²) in [7, 11) is 0. The number of carbonyl (C=O) groups is 2. The van der Waals surface area contributed by atoms with Crippen molar-refractivity contribution in [2.24, 2.45) is 11.8 Å². The lowest BCUT2D eigenvalue weighted by atomic mass is 9.86. The lowest BCUT2D eigenvalue weighted by Gasteiger charge is -2.35. The van der Waals surface area contributed by atoms with Gasteiger partial charge in [0, 0.05) is 71.4 Å². The van der Waals surface area contributed by atoms with Gasteiger partial charge in [-0.1, -0.05) is 115 Å². The molecule has 4 saturated heterocycles. The van der Waals surface area contributed by atoms with Gasteiger partial charge in [0.25, 0.3) is 11.8 Å². The van der Waals surface area contributed by atoms with E-state index in [1.807, 2.05) is 46.2 Å². The third-order valence-corrected chi connectivity index (χ3v) is 16.1. The summed E-state index contributed by atoms with van der Waals surface area (Å²) in [6.07, 6.45) is 4.57. The number of carbonyl (C=O) groups excluding carboxylic acids is 2. The average molecular weight is 991 g/mol. The second-order valence-electron chi connectivity index (χ2n) is 19.4. The summed E-state index contributed by atoms with van der Waals surface area (Å²) < 4.78 is 16.9. The van der Waals surface area contributed by atoms with Crippen LogP contribution in [0.1, 0.15) is 92.3 Å². The molecule has 10 rings (SSSR count). The van der Waals surface area contributed by atoms with Crippen molar-refractivity contribution in [2.75, 3.05) is 65.4 Å². The van der Waals surface area contributed by atoms with Crippen LogP contribution in [-0.4, -0.2) is 96.9 Å². The van der Waals surface area contributed by atoms with Crippen molar-refractivity contribution >= 4 is 34.4 Å². The zero-order valence-corrected chi connectivity index (χ0v) is 39.9. The van der Waals surface area contributed by atoms with E-state index in [1.165, 1.54) is 22.8 Å². The summed E-state index contributed by atoms with van der Waals surface area (Å²) in [5, 5.41) is 0. The molecule has 4 aliphatic heterocycles. The Labute approximate surface area is 404 Å². The lowest BCUT2D eigenvalue weighted by molar-refractivity contribution is 0.0774. The standard InChI is InChI=1S/C58H60FIN4O2/c59-56-25-22-49(58(66)64-38-50(54(39-64)45-14-8-3-9-15-45)35-61-30-26-43(27-31-61)41-10-4-1-5-11-41)34-53(56)46-16-18-47(19-17-46)55-40-63(57(65)48-20-23-52(60)24-21-48)37-51(55)36-62-32-28-44(29-33-62)42-12-6-2-7-13-42/h1-25,34,43-44,50-51,54-55H,26-33,35-40H2/t50-,51-,54+,55+/m1/s1. The summed E-state index contributed by atoms with van der Waals surface area (Å²) >= 11 is 2.28. The van der Waals surface area contributed by atoms with Crippen molar-refractivity contribution < 1.29 is 14.0 Å². The van der Waals surface area contributed by atoms with E-state index in [1.54, 1.807) is 12.1 Å². The average Bonchev–Trinajstić information content (AvgIpc) is 4.00. The normalized spacial score (nSPS) is 22.2. The van der Waals surface area contributed by atoms with Gasteiger partial charge < -0.3 is 19.6 Å². The molecule has 0 unspecified atom stereocenters. The maximum Gasteiger partial charge on any atom is 0.253 e. The van der Waals surface area contributed by atoms with Crippen molar-refractivity contribution in [1.29, 1.82) is 0 Å². The Hall–Kier alpha value is -5.16. The molecule has 0 spiro atoms. The topological polar surface area (TPSA) is 47.1 Å². The zero-order valence-electron chi connectivity index (χ0n) is 37.7. The number of rotatable bonds is 11. The molecule has 6 aromatic carbocycles. The van der Waals surface area contributed by atoms with Crippen LogP contribution in [0.25, 0.3) is 11.1 Å². The van der Waals surface area contributed by atoms with Gasteiger partial charge in [-0.05, 0) is 168 Å². The van der Waals surface area contributed by atoms with Gasteiger partial charge in [-0.2, -0.15) is 0 Å². The number of benzene rings is 6. The van der Waals surface area contributed by atoms with Crippen LogP contribution in [0, 0.1) is 21.2 Å². The molecule has 8 heteroatoms. The summed E-state index contributed by atoms with van der Waals surface area (Å²) in [6, 6.07) is 53.4. The number of likely N-dealkylation sites (tertiary alicyclic amines) is 4. The van der Waals surface area contributed by atoms with Gasteiger partial charge in [0.1, 0.15) is 5.82 Å². The van der Waals surface area contributed by atoms with Gasteiger partial charge in [-0.3, -0.25) is 9.59 Å². The first-order valence-electron chi connectivity index (χ1n) is 24.2. The van der Waals surface area contributed by atoms with E-state index >= 15 is 4.39 Å². The van der Waals surface area contributed by atoms with Gasteiger partial charge >= 0.3 is 0 Å². The van der Waals surface area contributed by atoms with E-state index in [0.717, 1.165) is 85.2 Å². The second kappa shape index (κ2) is 20.4. The molecule has 0 saturated carbocycles. The molecule has 6 aromatic rings. The second-order valence-corrected chi connectivity index (χ2v) is 20.6. The third-order valence-electron chi connectivity index (χ3n) is 15.3. The van der Waals surface area contributed by atoms with Crippen LogP contribution in [0.15, 0.2) is 158 Å². The van der Waals surface area contributed by atoms with Crippen molar-refractivity contribution in [3.63, 3.8) is 0 Å². The molecule has 4 atom stereocenters. The van der Waals surface area contributed by atoms with E-state index in [-0.39, 0.29) is 35.4 Å². The first-order valence-corrected chi connectivity index (χ1v) is 25.2. The highest BCUT2D eigenvalue weighted by Crippen LogP contribution is 2.39. The minimum absolute atomic E-state index is 0.0430. The smallest absolute Gasteiger partial charge is 0.253 e. The highest BCUT2D eigenvalue weighted by atomic mass is 127. The van der Waals surface area contributed by atoms with E-state index in [4.69, 9.17) is 0 Å². The van der Waals surface area contributed by atoms with Crippen molar-refractivity contribution in [2.45, 2.75) is 49.4 Å². The molecule has 0 aromatic heterocycles. The molecule has 338 valence electrons. The fourth-order valence-electron chi connectivity index (χ4n) is 11.7. The molecule has 6 nitrogen and oxygen atoms in total. The first-order chi connectivity index (χ1) is 32.3. The van der Waals surface area contributed by atoms with Crippen LogP contribution in [0.2, 0.25) is 0 Å². The van der Waals surface area contributed by atoms with Gasteiger partial charge in [0.15, 0.2) is 0 Å². The Kier molecular flexibility index (Phi) is 13.8. The molecule has 4 aliphatic rings. The molecule has 4 heterocycles. The van der Waals surface area contributed by atoms with Gasteiger partial charge in [0.2, 0.25) is 0 Å². The van der Waals surface area contributed by atoms with Crippen LogP contribution in [0.4, 0.5) is 4.39 Å². The van der Waals surface area contributed by atoms with E-state index in [2.05, 4.69) is 136 Å². The number of nitrogens with zero attached hydrogens (tertiary/aromatic N) is 4. The third kappa shape index (κ3) is 10.1. The highest BCUT2D eigenvalue weighted by molar-refractivity contribution is 14.1. The summed E-state index contributed by atoms with van der Waals surface area (Å²) in [5.74, 6) is 1.82. The zero-order chi connectivity index (χ0) is 45.0. The SMILES string of the molecule is O=C(c1ccc(I)cc1)N1C[C@@H](CN2CCC(c3ccccc3)CC2)[C@H](c2ccc(-c3cc(C(=O)N4C[C@@H](CN5CCC(c6ccccc6)CC5)[C@H](c5ccccc5)C4)ccc3F)cc2)C1. The van der Waals surface area contributed by atoms with Crippen molar-refractivity contribution in [3.8, 4) is 11.1 Å². The van der Waals surface area contributed by atoms with E-state index in [9.17, 15) is 9.59 Å². The number of halogens is 2. The predicted octanol–water partition coefficient (Wildman–Crippen LogP) is 11.6. The minimum Gasteiger partial charge on any atom is -0.338 e. The summed E-state index contributed by atoms with van der Waals surface area (Å²) in [4.78, 5) is 37.6. The van der Waals surface area contributed by atoms with E-state index < -0.39 is 0 Å². The van der Waals surface area contributed by atoms with Crippen LogP contribution in [-0.2, 0) is 0 Å². The van der Waals surface area contributed by atoms with Gasteiger partial charge in [-0.15, -0.1) is 0 Å². The molecule has 0 bridgehead atoms. The maximum atomic E-state index is 15.8. The van der Waals surface area contributed by atoms with Gasteiger partial charge in [-0.25, -0.2) is 4.39 Å². The Morgan fingerprint density at radius 2 is 0.909 bits per heavy atom. The molecular formula is C58H60FIN4O2. The lowest BCUT2D eigenvalue weighted by Crippen LogP contribution is -2.38. The quantitative estimate of drug-likeness (QED) is 0.121. The molecule has 66 heavy (non-hydrogen) atoms. The molecule has 0 aliphatic carbocycles. The van der Waals surface area contributed by atoms with E-state index in [0.29, 0.717) is 55.1 Å². The monoisotopic (exact) mass is 990 g/mol. The van der Waals surface area contributed by atoms with Crippen LogP contribution >= 0.6 is 22.6 Å².